The highest BCUT2D eigenvalue weighted by molar-refractivity contribution is 9.10. The Morgan fingerprint density at radius 1 is 1.26 bits per heavy atom. The Balaban J connectivity index is 2.09. The number of hydrogen-bond acceptors (Lipinski definition) is 2. The van der Waals surface area contributed by atoms with Gasteiger partial charge >= 0.3 is 0 Å². The molecule has 0 aliphatic heterocycles. The van der Waals surface area contributed by atoms with Gasteiger partial charge in [0.1, 0.15) is 0 Å². The van der Waals surface area contributed by atoms with Crippen molar-refractivity contribution in [2.45, 2.75) is 33.1 Å². The molecular weight excluding hydrogens is 304 g/mol. The van der Waals surface area contributed by atoms with Gasteiger partial charge in [0.05, 0.1) is 5.56 Å². The van der Waals surface area contributed by atoms with Crippen LogP contribution in [-0.4, -0.2) is 11.6 Å². The van der Waals surface area contributed by atoms with Gasteiger partial charge in [-0.15, -0.1) is 0 Å². The molecular formula is C15H19BrN2O. The zero-order chi connectivity index (χ0) is 13.8. The van der Waals surface area contributed by atoms with E-state index in [-0.39, 0.29) is 5.91 Å². The van der Waals surface area contributed by atoms with Crippen LogP contribution < -0.4 is 5.43 Å². The van der Waals surface area contributed by atoms with E-state index in [1.165, 1.54) is 6.42 Å². The number of halogens is 1. The van der Waals surface area contributed by atoms with Gasteiger partial charge in [-0.25, -0.2) is 5.43 Å². The molecule has 1 fully saturated rings. The summed E-state index contributed by atoms with van der Waals surface area (Å²) in [4.78, 5) is 12.1. The summed E-state index contributed by atoms with van der Waals surface area (Å²) in [6.07, 6.45) is 3.57. The molecule has 1 aromatic carbocycles. The minimum Gasteiger partial charge on any atom is -0.267 e. The number of nitrogens with one attached hydrogen (secondary N) is 1. The molecule has 1 saturated carbocycles. The smallest absolute Gasteiger partial charge is 0.267 e. The minimum atomic E-state index is -0.162. The monoisotopic (exact) mass is 322 g/mol. The zero-order valence-corrected chi connectivity index (χ0v) is 12.9. The van der Waals surface area contributed by atoms with Crippen LogP contribution in [0.25, 0.3) is 0 Å². The van der Waals surface area contributed by atoms with Crippen molar-refractivity contribution < 1.29 is 4.79 Å². The van der Waals surface area contributed by atoms with Crippen LogP contribution in [0, 0.1) is 11.8 Å². The van der Waals surface area contributed by atoms with Gasteiger partial charge in [-0.1, -0.05) is 32.4 Å². The van der Waals surface area contributed by atoms with E-state index in [0.717, 1.165) is 23.0 Å². The molecule has 0 bridgehead atoms. The number of hydrazone groups is 1. The molecule has 0 aromatic heterocycles. The highest BCUT2D eigenvalue weighted by Crippen LogP contribution is 2.26. The molecule has 2 atom stereocenters. The lowest BCUT2D eigenvalue weighted by Gasteiger charge is -2.26. The van der Waals surface area contributed by atoms with Gasteiger partial charge in [0.2, 0.25) is 0 Å². The van der Waals surface area contributed by atoms with Gasteiger partial charge in [-0.3, -0.25) is 4.79 Å². The van der Waals surface area contributed by atoms with Gasteiger partial charge in [0, 0.05) is 10.2 Å². The van der Waals surface area contributed by atoms with E-state index in [1.54, 1.807) is 6.07 Å². The topological polar surface area (TPSA) is 41.5 Å². The molecule has 1 amide bonds. The fourth-order valence-electron chi connectivity index (χ4n) is 2.55. The van der Waals surface area contributed by atoms with Gasteiger partial charge in [0.15, 0.2) is 0 Å². The quantitative estimate of drug-likeness (QED) is 0.822. The van der Waals surface area contributed by atoms with E-state index in [4.69, 9.17) is 0 Å². The van der Waals surface area contributed by atoms with Gasteiger partial charge in [-0.05, 0) is 52.7 Å². The largest absolute Gasteiger partial charge is 0.272 e. The van der Waals surface area contributed by atoms with Gasteiger partial charge < -0.3 is 0 Å². The summed E-state index contributed by atoms with van der Waals surface area (Å²) >= 11 is 3.38. The molecule has 3 nitrogen and oxygen atoms in total. The Labute approximate surface area is 122 Å². The second kappa shape index (κ2) is 6.33. The molecule has 4 heteroatoms. The van der Waals surface area contributed by atoms with Crippen molar-refractivity contribution in [3.63, 3.8) is 0 Å². The van der Waals surface area contributed by atoms with E-state index < -0.39 is 0 Å². The zero-order valence-electron chi connectivity index (χ0n) is 11.3. The van der Waals surface area contributed by atoms with E-state index in [9.17, 15) is 4.79 Å². The molecule has 0 radical (unpaired) electrons. The summed E-state index contributed by atoms with van der Waals surface area (Å²) in [5.74, 6) is 0.761. The molecule has 0 saturated heterocycles. The predicted octanol–water partition coefficient (Wildman–Crippen LogP) is 3.99. The van der Waals surface area contributed by atoms with Gasteiger partial charge in [-0.2, -0.15) is 5.10 Å². The van der Waals surface area contributed by atoms with Crippen LogP contribution in [0.2, 0.25) is 0 Å². The van der Waals surface area contributed by atoms with Crippen molar-refractivity contribution in [1.29, 1.82) is 0 Å². The molecule has 2 rings (SSSR count). The lowest BCUT2D eigenvalue weighted by molar-refractivity contribution is 0.0953. The highest BCUT2D eigenvalue weighted by Gasteiger charge is 2.23. The predicted molar refractivity (Wildman–Crippen MR) is 81.2 cm³/mol. The number of amides is 1. The maximum Gasteiger partial charge on any atom is 0.272 e. The first-order valence-electron chi connectivity index (χ1n) is 6.72. The maximum atomic E-state index is 12.1. The molecule has 1 aromatic rings. The fourth-order valence-corrected chi connectivity index (χ4v) is 3.02. The SMILES string of the molecule is C[C@H]1CCC[C@H](C)C1=NNC(=O)c1ccccc1Br. The first-order chi connectivity index (χ1) is 9.09. The number of hydrogen-bond donors (Lipinski definition) is 1. The average Bonchev–Trinajstić information content (AvgIpc) is 2.38. The van der Waals surface area contributed by atoms with Crippen LogP contribution in [-0.2, 0) is 0 Å². The minimum absolute atomic E-state index is 0.162. The summed E-state index contributed by atoms with van der Waals surface area (Å²) < 4.78 is 0.789. The Kier molecular flexibility index (Phi) is 4.75. The summed E-state index contributed by atoms with van der Waals surface area (Å²) in [7, 11) is 0. The summed E-state index contributed by atoms with van der Waals surface area (Å²) in [5.41, 5.74) is 4.42. The Hall–Kier alpha value is -1.16. The normalized spacial score (nSPS) is 23.0. The summed E-state index contributed by atoms with van der Waals surface area (Å²) in [5, 5.41) is 4.36. The van der Waals surface area contributed by atoms with Crippen LogP contribution in [0.4, 0.5) is 0 Å². The molecule has 1 aliphatic carbocycles. The van der Waals surface area contributed by atoms with Crippen LogP contribution in [0.5, 0.6) is 0 Å². The van der Waals surface area contributed by atoms with Crippen molar-refractivity contribution in [1.82, 2.24) is 5.43 Å². The standard InChI is InChI=1S/C15H19BrN2O/c1-10-6-5-7-11(2)14(10)17-18-15(19)12-8-3-4-9-13(12)16/h3-4,8-11H,5-7H2,1-2H3,(H,18,19)/t10-,11-/m0/s1. The van der Waals surface area contributed by atoms with Crippen LogP contribution in [0.15, 0.2) is 33.8 Å². The van der Waals surface area contributed by atoms with E-state index in [0.29, 0.717) is 17.4 Å². The van der Waals surface area contributed by atoms with Crippen LogP contribution >= 0.6 is 15.9 Å². The van der Waals surface area contributed by atoms with Crippen LogP contribution in [0.1, 0.15) is 43.5 Å². The molecule has 1 aliphatic rings. The van der Waals surface area contributed by atoms with E-state index in [1.807, 2.05) is 18.2 Å². The molecule has 0 spiro atoms. The maximum absolute atomic E-state index is 12.1. The number of benzene rings is 1. The molecule has 102 valence electrons. The Morgan fingerprint density at radius 2 is 1.89 bits per heavy atom. The molecule has 1 N–H and O–H groups in total. The Bertz CT molecular complexity index is 487. The van der Waals surface area contributed by atoms with Gasteiger partial charge in [0.25, 0.3) is 5.91 Å². The fraction of sp³-hybridized carbons (Fsp3) is 0.467. The van der Waals surface area contributed by atoms with Crippen molar-refractivity contribution in [2.75, 3.05) is 0 Å². The Morgan fingerprint density at radius 3 is 2.53 bits per heavy atom. The lowest BCUT2D eigenvalue weighted by atomic mass is 9.81. The second-order valence-corrected chi connectivity index (χ2v) is 6.04. The van der Waals surface area contributed by atoms with E-state index in [2.05, 4.69) is 40.3 Å². The summed E-state index contributed by atoms with van der Waals surface area (Å²) in [6.45, 7) is 4.36. The number of nitrogens with zero attached hydrogens (tertiary/aromatic N) is 1. The van der Waals surface area contributed by atoms with Crippen LogP contribution in [0.3, 0.4) is 0 Å². The third-order valence-electron chi connectivity index (χ3n) is 3.69. The average molecular weight is 323 g/mol. The molecule has 0 unspecified atom stereocenters. The number of rotatable bonds is 2. The second-order valence-electron chi connectivity index (χ2n) is 5.19. The highest BCUT2D eigenvalue weighted by atomic mass is 79.9. The van der Waals surface area contributed by atoms with Crippen molar-refractivity contribution in [3.05, 3.63) is 34.3 Å². The first kappa shape index (κ1) is 14.3. The summed E-state index contributed by atoms with van der Waals surface area (Å²) in [6, 6.07) is 7.37. The lowest BCUT2D eigenvalue weighted by Crippen LogP contribution is -2.29. The van der Waals surface area contributed by atoms with E-state index >= 15 is 0 Å². The van der Waals surface area contributed by atoms with Crippen molar-refractivity contribution in [3.8, 4) is 0 Å². The molecule has 0 heterocycles. The third kappa shape index (κ3) is 3.44. The number of carbonyl (C=O) groups excluding carboxylic acids is 1. The van der Waals surface area contributed by atoms with Crippen molar-refractivity contribution in [2.24, 2.45) is 16.9 Å². The third-order valence-corrected chi connectivity index (χ3v) is 4.38. The molecule has 19 heavy (non-hydrogen) atoms. The first-order valence-corrected chi connectivity index (χ1v) is 7.51. The number of carbonyl (C=O) groups is 1. The van der Waals surface area contributed by atoms with Crippen molar-refractivity contribution >= 4 is 27.5 Å².